The molecule has 1 atom stereocenters. The Kier molecular flexibility index (Phi) is 3.03. The molecule has 3 N–H and O–H groups in total. The number of nitrogens with two attached hydrogens (primary N) is 1. The molecule has 2 amide bonds. The van der Waals surface area contributed by atoms with Crippen LogP contribution in [0.4, 0.5) is 29.6 Å². The van der Waals surface area contributed by atoms with E-state index in [2.05, 4.69) is 15.3 Å². The number of piperazine rings is 1. The molecule has 0 saturated carbocycles. The Morgan fingerprint density at radius 1 is 1.33 bits per heavy atom. The van der Waals surface area contributed by atoms with Crippen LogP contribution in [0.25, 0.3) is 0 Å². The smallest absolute Gasteiger partial charge is 0.384 e. The molecule has 1 aromatic heterocycles. The van der Waals surface area contributed by atoms with Gasteiger partial charge in [-0.3, -0.25) is 0 Å². The molecule has 0 aliphatic carbocycles. The first-order valence-electron chi connectivity index (χ1n) is 6.36. The third-order valence-corrected chi connectivity index (χ3v) is 3.54. The van der Waals surface area contributed by atoms with Gasteiger partial charge in [-0.15, -0.1) is 0 Å². The highest BCUT2D eigenvalue weighted by molar-refractivity contribution is 5.77. The second kappa shape index (κ2) is 4.64. The van der Waals surface area contributed by atoms with E-state index in [0.717, 1.165) is 0 Å². The highest BCUT2D eigenvalue weighted by atomic mass is 19.4. The van der Waals surface area contributed by atoms with Crippen LogP contribution in [0.1, 0.15) is 5.82 Å². The van der Waals surface area contributed by atoms with E-state index in [0.29, 0.717) is 26.2 Å². The summed E-state index contributed by atoms with van der Waals surface area (Å²) in [5.41, 5.74) is 5.44. The van der Waals surface area contributed by atoms with E-state index in [1.807, 2.05) is 0 Å². The molecule has 0 radical (unpaired) electrons. The molecule has 2 aliphatic rings. The third kappa shape index (κ3) is 2.52. The fourth-order valence-electron chi connectivity index (χ4n) is 2.55. The lowest BCUT2D eigenvalue weighted by molar-refractivity contribution is -0.144. The molecule has 3 rings (SSSR count). The predicted molar refractivity (Wildman–Crippen MR) is 67.6 cm³/mol. The molecule has 114 valence electrons. The number of rotatable bonds is 1. The number of aromatic nitrogens is 2. The van der Waals surface area contributed by atoms with Crippen molar-refractivity contribution < 1.29 is 18.0 Å². The lowest BCUT2D eigenvalue weighted by Gasteiger charge is -2.37. The molecule has 2 saturated heterocycles. The minimum atomic E-state index is -4.64. The molecule has 2 aliphatic heterocycles. The first-order valence-corrected chi connectivity index (χ1v) is 6.36. The zero-order chi connectivity index (χ0) is 15.2. The number of nitrogens with one attached hydrogen (secondary N) is 1. The SMILES string of the molecule is Nc1cc(N2CCN3C(=O)NCC3C2)nc(C(F)(F)F)n1. The average Bonchev–Trinajstić information content (AvgIpc) is 2.78. The number of carbonyl (C=O) groups excluding carboxylic acids is 1. The Morgan fingerprint density at radius 3 is 2.81 bits per heavy atom. The van der Waals surface area contributed by atoms with E-state index >= 15 is 0 Å². The van der Waals surface area contributed by atoms with Crippen molar-refractivity contribution >= 4 is 17.7 Å². The first kappa shape index (κ1) is 13.7. The summed E-state index contributed by atoms with van der Waals surface area (Å²) in [6.07, 6.45) is -4.64. The second-order valence-electron chi connectivity index (χ2n) is 4.95. The first-order chi connectivity index (χ1) is 9.84. The molecule has 3 heterocycles. The standard InChI is InChI=1S/C11H13F3N6O/c12-11(13,14)9-17-7(15)3-8(18-9)19-1-2-20-6(5-19)4-16-10(20)21/h3,6H,1-2,4-5H2,(H,16,21)(H2,15,17,18). The molecule has 0 aromatic carbocycles. The van der Waals surface area contributed by atoms with Gasteiger partial charge >= 0.3 is 12.2 Å². The highest BCUT2D eigenvalue weighted by Gasteiger charge is 2.38. The van der Waals surface area contributed by atoms with E-state index in [-0.39, 0.29) is 23.7 Å². The second-order valence-corrected chi connectivity index (χ2v) is 4.95. The van der Waals surface area contributed by atoms with E-state index in [1.165, 1.54) is 6.07 Å². The van der Waals surface area contributed by atoms with Crippen LogP contribution in [0.3, 0.4) is 0 Å². The van der Waals surface area contributed by atoms with E-state index < -0.39 is 12.0 Å². The lowest BCUT2D eigenvalue weighted by atomic mass is 10.2. The van der Waals surface area contributed by atoms with Gasteiger partial charge in [0.2, 0.25) is 5.82 Å². The van der Waals surface area contributed by atoms with Gasteiger partial charge in [0, 0.05) is 32.2 Å². The van der Waals surface area contributed by atoms with Gasteiger partial charge in [-0.2, -0.15) is 13.2 Å². The van der Waals surface area contributed by atoms with Crippen LogP contribution < -0.4 is 16.0 Å². The van der Waals surface area contributed by atoms with Gasteiger partial charge in [0.1, 0.15) is 11.6 Å². The van der Waals surface area contributed by atoms with Gasteiger partial charge in [0.15, 0.2) is 0 Å². The van der Waals surface area contributed by atoms with Crippen molar-refractivity contribution in [2.75, 3.05) is 36.8 Å². The number of fused-ring (bicyclic) bond motifs is 1. The highest BCUT2D eigenvalue weighted by Crippen LogP contribution is 2.29. The van der Waals surface area contributed by atoms with Crippen molar-refractivity contribution in [3.8, 4) is 0 Å². The summed E-state index contributed by atoms with van der Waals surface area (Å²) in [5, 5.41) is 2.70. The number of carbonyl (C=O) groups is 1. The molecule has 7 nitrogen and oxygen atoms in total. The van der Waals surface area contributed by atoms with Crippen molar-refractivity contribution in [1.82, 2.24) is 20.2 Å². The molecule has 2 fully saturated rings. The number of amides is 2. The van der Waals surface area contributed by atoms with E-state index in [9.17, 15) is 18.0 Å². The number of alkyl halides is 3. The Hall–Kier alpha value is -2.26. The predicted octanol–water partition coefficient (Wildman–Crippen LogP) is 0.291. The normalized spacial score (nSPS) is 22.2. The summed E-state index contributed by atoms with van der Waals surface area (Å²) in [4.78, 5) is 21.6. The summed E-state index contributed by atoms with van der Waals surface area (Å²) in [7, 11) is 0. The monoisotopic (exact) mass is 302 g/mol. The third-order valence-electron chi connectivity index (χ3n) is 3.54. The Labute approximate surface area is 117 Å². The lowest BCUT2D eigenvalue weighted by Crippen LogP contribution is -2.52. The molecule has 1 unspecified atom stereocenters. The maximum Gasteiger partial charge on any atom is 0.451 e. The van der Waals surface area contributed by atoms with Crippen molar-refractivity contribution in [2.45, 2.75) is 12.2 Å². The summed E-state index contributed by atoms with van der Waals surface area (Å²) in [5.74, 6) is -1.34. The van der Waals surface area contributed by atoms with Crippen LogP contribution in [0.2, 0.25) is 0 Å². The Morgan fingerprint density at radius 2 is 2.10 bits per heavy atom. The molecule has 1 aromatic rings. The van der Waals surface area contributed by atoms with Gasteiger partial charge in [-0.05, 0) is 0 Å². The van der Waals surface area contributed by atoms with Gasteiger partial charge < -0.3 is 20.9 Å². The fraction of sp³-hybridized carbons (Fsp3) is 0.545. The maximum absolute atomic E-state index is 12.7. The minimum Gasteiger partial charge on any atom is -0.384 e. The maximum atomic E-state index is 12.7. The van der Waals surface area contributed by atoms with Crippen LogP contribution in [-0.2, 0) is 6.18 Å². The molecule has 10 heteroatoms. The van der Waals surface area contributed by atoms with Crippen molar-refractivity contribution in [2.24, 2.45) is 0 Å². The van der Waals surface area contributed by atoms with Crippen LogP contribution in [0.15, 0.2) is 6.07 Å². The Bertz CT molecular complexity index is 578. The van der Waals surface area contributed by atoms with Crippen molar-refractivity contribution in [3.05, 3.63) is 11.9 Å². The number of nitrogen functional groups attached to an aromatic ring is 1. The van der Waals surface area contributed by atoms with E-state index in [1.54, 1.807) is 9.80 Å². The van der Waals surface area contributed by atoms with Gasteiger partial charge in [0.05, 0.1) is 6.04 Å². The van der Waals surface area contributed by atoms with Crippen LogP contribution in [-0.4, -0.2) is 53.1 Å². The van der Waals surface area contributed by atoms with Crippen molar-refractivity contribution in [1.29, 1.82) is 0 Å². The summed E-state index contributed by atoms with van der Waals surface area (Å²) >= 11 is 0. The zero-order valence-corrected chi connectivity index (χ0v) is 10.9. The van der Waals surface area contributed by atoms with Gasteiger partial charge in [0.25, 0.3) is 0 Å². The van der Waals surface area contributed by atoms with Crippen LogP contribution in [0, 0.1) is 0 Å². The molecule has 21 heavy (non-hydrogen) atoms. The number of hydrogen-bond acceptors (Lipinski definition) is 5. The van der Waals surface area contributed by atoms with Crippen molar-refractivity contribution in [3.63, 3.8) is 0 Å². The number of halogens is 3. The van der Waals surface area contributed by atoms with Gasteiger partial charge in [-0.1, -0.05) is 0 Å². The molecule has 0 bridgehead atoms. The quantitative estimate of drug-likeness (QED) is 0.778. The number of nitrogens with zero attached hydrogens (tertiary/aromatic N) is 4. The number of hydrogen-bond donors (Lipinski definition) is 2. The van der Waals surface area contributed by atoms with E-state index in [4.69, 9.17) is 5.73 Å². The Balaban J connectivity index is 1.84. The number of anilines is 2. The summed E-state index contributed by atoms with van der Waals surface area (Å²) in [6, 6.07) is 1.10. The number of urea groups is 1. The molecular formula is C11H13F3N6O. The summed E-state index contributed by atoms with van der Waals surface area (Å²) in [6.45, 7) is 1.72. The average molecular weight is 302 g/mol. The van der Waals surface area contributed by atoms with Gasteiger partial charge in [-0.25, -0.2) is 14.8 Å². The largest absolute Gasteiger partial charge is 0.451 e. The van der Waals surface area contributed by atoms with Crippen LogP contribution >= 0.6 is 0 Å². The van der Waals surface area contributed by atoms with Crippen LogP contribution in [0.5, 0.6) is 0 Å². The molecular weight excluding hydrogens is 289 g/mol. The fourth-order valence-corrected chi connectivity index (χ4v) is 2.55. The minimum absolute atomic E-state index is 0.0724. The topological polar surface area (TPSA) is 87.4 Å². The zero-order valence-electron chi connectivity index (χ0n) is 10.9. The summed E-state index contributed by atoms with van der Waals surface area (Å²) < 4.78 is 38.2. The molecule has 0 spiro atoms.